The van der Waals surface area contributed by atoms with Crippen LogP contribution in [0.2, 0.25) is 0 Å². The summed E-state index contributed by atoms with van der Waals surface area (Å²) < 4.78 is 7.44. The van der Waals surface area contributed by atoms with Crippen molar-refractivity contribution < 1.29 is 9.53 Å². The Morgan fingerprint density at radius 3 is 2.61 bits per heavy atom. The Morgan fingerprint density at radius 2 is 2.00 bits per heavy atom. The fourth-order valence-electron chi connectivity index (χ4n) is 4.53. The summed E-state index contributed by atoms with van der Waals surface area (Å²) in [6, 6.07) is 8.23. The maximum Gasteiger partial charge on any atom is 0.262 e. The Bertz CT molecular complexity index is 1010. The van der Waals surface area contributed by atoms with E-state index in [1.807, 2.05) is 38.1 Å². The van der Waals surface area contributed by atoms with E-state index in [2.05, 4.69) is 26.7 Å². The van der Waals surface area contributed by atoms with Crippen molar-refractivity contribution in [2.45, 2.75) is 59.0 Å². The molecule has 3 rings (SSSR count). The van der Waals surface area contributed by atoms with Crippen molar-refractivity contribution in [2.75, 3.05) is 31.7 Å². The lowest BCUT2D eigenvalue weighted by Gasteiger charge is -2.21. The van der Waals surface area contributed by atoms with E-state index in [0.717, 1.165) is 41.4 Å². The van der Waals surface area contributed by atoms with Gasteiger partial charge >= 0.3 is 0 Å². The lowest BCUT2D eigenvalue weighted by atomic mass is 10.1. The highest BCUT2D eigenvalue weighted by molar-refractivity contribution is 6.01. The average Bonchev–Trinajstić information content (AvgIpc) is 2.98. The third-order valence-corrected chi connectivity index (χ3v) is 6.23. The van der Waals surface area contributed by atoms with E-state index in [1.54, 1.807) is 19.4 Å². The van der Waals surface area contributed by atoms with Crippen molar-refractivity contribution in [2.24, 2.45) is 0 Å². The molecule has 0 bridgehead atoms. The summed E-state index contributed by atoms with van der Waals surface area (Å²) in [6.07, 6.45) is 8.44. The number of nitrogens with one attached hydrogen (secondary N) is 1. The van der Waals surface area contributed by atoms with Crippen LogP contribution in [0.15, 0.2) is 30.0 Å². The fourth-order valence-corrected chi connectivity index (χ4v) is 4.53. The number of nitrogens with zero attached hydrogens (tertiary/aromatic N) is 4. The lowest BCUT2D eigenvalue weighted by molar-refractivity contribution is -0.117. The highest BCUT2D eigenvalue weighted by Gasteiger charge is 2.16. The van der Waals surface area contributed by atoms with Gasteiger partial charge in [-0.1, -0.05) is 18.9 Å². The minimum Gasteiger partial charge on any atom is -0.383 e. The van der Waals surface area contributed by atoms with Crippen LogP contribution in [-0.4, -0.2) is 42.3 Å². The van der Waals surface area contributed by atoms with Crippen LogP contribution in [0.3, 0.4) is 0 Å². The zero-order valence-electron chi connectivity index (χ0n) is 20.2. The Labute approximate surface area is 197 Å². The van der Waals surface area contributed by atoms with Crippen LogP contribution in [0, 0.1) is 25.2 Å². The van der Waals surface area contributed by atoms with Gasteiger partial charge in [-0.2, -0.15) is 5.26 Å². The first-order valence-electron chi connectivity index (χ1n) is 11.7. The van der Waals surface area contributed by atoms with Crippen LogP contribution >= 0.6 is 0 Å². The van der Waals surface area contributed by atoms with Crippen molar-refractivity contribution >= 4 is 17.8 Å². The maximum absolute atomic E-state index is 12.7. The molecule has 33 heavy (non-hydrogen) atoms. The molecule has 1 aliphatic rings. The number of carbonyl (C=O) groups is 1. The largest absolute Gasteiger partial charge is 0.383 e. The zero-order chi connectivity index (χ0) is 23.8. The molecule has 1 aliphatic heterocycles. The van der Waals surface area contributed by atoms with Crippen LogP contribution in [0.25, 0.3) is 6.08 Å². The molecular weight excluding hydrogens is 414 g/mol. The summed E-state index contributed by atoms with van der Waals surface area (Å²) in [5.41, 5.74) is 3.93. The predicted molar refractivity (Wildman–Crippen MR) is 131 cm³/mol. The molecule has 1 amide bonds. The summed E-state index contributed by atoms with van der Waals surface area (Å²) in [5.74, 6) is 0.603. The number of aryl methyl sites for hydroxylation is 1. The number of carbonyl (C=O) groups excluding carboxylic acids is 1. The van der Waals surface area contributed by atoms with Crippen LogP contribution in [-0.2, 0) is 16.1 Å². The van der Waals surface area contributed by atoms with Gasteiger partial charge in [-0.05, 0) is 62.9 Å². The van der Waals surface area contributed by atoms with E-state index < -0.39 is 0 Å². The second-order valence-electron chi connectivity index (χ2n) is 8.78. The Kier molecular flexibility index (Phi) is 8.67. The monoisotopic (exact) mass is 449 g/mol. The third kappa shape index (κ3) is 6.23. The predicted octanol–water partition coefficient (Wildman–Crippen LogP) is 4.31. The second kappa shape index (κ2) is 11.7. The second-order valence-corrected chi connectivity index (χ2v) is 8.78. The summed E-state index contributed by atoms with van der Waals surface area (Å²) >= 11 is 0. The van der Waals surface area contributed by atoms with Gasteiger partial charge in [0.15, 0.2) is 0 Å². The number of amides is 1. The summed E-state index contributed by atoms with van der Waals surface area (Å²) in [5, 5.41) is 12.4. The summed E-state index contributed by atoms with van der Waals surface area (Å²) in [7, 11) is 1.68. The van der Waals surface area contributed by atoms with Gasteiger partial charge < -0.3 is 19.5 Å². The number of nitriles is 1. The van der Waals surface area contributed by atoms with Crippen molar-refractivity contribution in [3.05, 3.63) is 52.5 Å². The van der Waals surface area contributed by atoms with Crippen LogP contribution in [0.4, 0.5) is 5.82 Å². The minimum atomic E-state index is -0.385. The van der Waals surface area contributed by atoms with Crippen LogP contribution in [0.1, 0.15) is 61.2 Å². The highest BCUT2D eigenvalue weighted by atomic mass is 16.5. The summed E-state index contributed by atoms with van der Waals surface area (Å²) in [4.78, 5) is 19.6. The number of pyridine rings is 1. The van der Waals surface area contributed by atoms with Crippen LogP contribution in [0.5, 0.6) is 0 Å². The molecule has 1 saturated heterocycles. The topological polar surface area (TPSA) is 83.2 Å². The van der Waals surface area contributed by atoms with Gasteiger partial charge in [-0.3, -0.25) is 4.79 Å². The van der Waals surface area contributed by atoms with Crippen molar-refractivity contribution in [3.8, 4) is 6.07 Å². The molecule has 3 heterocycles. The zero-order valence-corrected chi connectivity index (χ0v) is 20.2. The number of hydrogen-bond acceptors (Lipinski definition) is 5. The van der Waals surface area contributed by atoms with E-state index >= 15 is 0 Å². The Hall–Kier alpha value is -3.11. The SMILES string of the molecule is COCC(C)n1c(C)cc(/C=C(/C#N)C(=O)NCc2ccc(N3CCCCCC3)nc2)c1C. The quantitative estimate of drug-likeness (QED) is 0.480. The first-order chi connectivity index (χ1) is 15.9. The molecule has 2 aromatic heterocycles. The number of hydrogen-bond donors (Lipinski definition) is 1. The molecule has 0 radical (unpaired) electrons. The van der Waals surface area contributed by atoms with Crippen LogP contribution < -0.4 is 10.2 Å². The Morgan fingerprint density at radius 1 is 1.27 bits per heavy atom. The molecule has 0 aliphatic carbocycles. The molecule has 1 fully saturated rings. The normalized spacial score (nSPS) is 15.6. The van der Waals surface area contributed by atoms with Gasteiger partial charge in [0.1, 0.15) is 17.5 Å². The van der Waals surface area contributed by atoms with E-state index in [-0.39, 0.29) is 17.5 Å². The highest BCUT2D eigenvalue weighted by Crippen LogP contribution is 2.23. The lowest BCUT2D eigenvalue weighted by Crippen LogP contribution is -2.26. The molecule has 1 unspecified atom stereocenters. The maximum atomic E-state index is 12.7. The molecule has 1 N–H and O–H groups in total. The number of ether oxygens (including phenoxy) is 1. The van der Waals surface area contributed by atoms with E-state index in [4.69, 9.17) is 4.74 Å². The summed E-state index contributed by atoms with van der Waals surface area (Å²) in [6.45, 7) is 9.11. The number of anilines is 1. The smallest absolute Gasteiger partial charge is 0.262 e. The van der Waals surface area contributed by atoms with E-state index in [1.165, 1.54) is 25.7 Å². The number of methoxy groups -OCH3 is 1. The van der Waals surface area contributed by atoms with Gasteiger partial charge in [0.2, 0.25) is 0 Å². The molecule has 0 aromatic carbocycles. The minimum absolute atomic E-state index is 0.0868. The standard InChI is InChI=1S/C26H35N5O2/c1-19-13-23(21(3)31(19)20(2)18-33-4)14-24(15-27)26(32)29-17-22-9-10-25(28-16-22)30-11-7-5-6-8-12-30/h9-10,13-14,16,20H,5-8,11-12,17-18H2,1-4H3,(H,29,32)/b24-14-. The van der Waals surface area contributed by atoms with Gasteiger partial charge in [0, 0.05) is 44.3 Å². The molecule has 2 aromatic rings. The molecule has 1 atom stereocenters. The average molecular weight is 450 g/mol. The molecule has 7 nitrogen and oxygen atoms in total. The van der Waals surface area contributed by atoms with E-state index in [0.29, 0.717) is 13.2 Å². The first-order valence-corrected chi connectivity index (χ1v) is 11.7. The molecule has 0 saturated carbocycles. The van der Waals surface area contributed by atoms with Gasteiger partial charge in [-0.25, -0.2) is 4.98 Å². The third-order valence-electron chi connectivity index (χ3n) is 6.23. The van der Waals surface area contributed by atoms with Gasteiger partial charge in [0.25, 0.3) is 5.91 Å². The Balaban J connectivity index is 1.65. The molecule has 0 spiro atoms. The van der Waals surface area contributed by atoms with Crippen molar-refractivity contribution in [3.63, 3.8) is 0 Å². The van der Waals surface area contributed by atoms with Crippen molar-refractivity contribution in [1.29, 1.82) is 5.26 Å². The molecular formula is C26H35N5O2. The number of aromatic nitrogens is 2. The van der Waals surface area contributed by atoms with Gasteiger partial charge in [0.05, 0.1) is 12.6 Å². The number of rotatable bonds is 8. The van der Waals surface area contributed by atoms with Gasteiger partial charge in [-0.15, -0.1) is 0 Å². The van der Waals surface area contributed by atoms with Crippen molar-refractivity contribution in [1.82, 2.24) is 14.9 Å². The molecule has 7 heteroatoms. The fraction of sp³-hybridized carbons (Fsp3) is 0.500. The molecule has 176 valence electrons. The van der Waals surface area contributed by atoms with E-state index in [9.17, 15) is 10.1 Å². The first kappa shape index (κ1) is 24.5.